The van der Waals surface area contributed by atoms with Gasteiger partial charge < -0.3 is 10.2 Å². The first-order valence-electron chi connectivity index (χ1n) is 7.52. The number of benzene rings is 2. The molecule has 4 nitrogen and oxygen atoms in total. The van der Waals surface area contributed by atoms with Gasteiger partial charge in [-0.2, -0.15) is 0 Å². The van der Waals surface area contributed by atoms with Crippen LogP contribution in [-0.2, 0) is 4.79 Å². The number of carbonyl (C=O) groups excluding carboxylic acids is 2. The quantitative estimate of drug-likeness (QED) is 0.938. The van der Waals surface area contributed by atoms with E-state index in [-0.39, 0.29) is 23.4 Å². The monoisotopic (exact) mass is 312 g/mol. The molecule has 5 heteroatoms. The van der Waals surface area contributed by atoms with Crippen LogP contribution in [0.1, 0.15) is 30.1 Å². The molecule has 0 bridgehead atoms. The zero-order valence-corrected chi connectivity index (χ0v) is 12.8. The molecule has 0 atom stereocenters. The maximum atomic E-state index is 13.9. The molecule has 1 aliphatic carbocycles. The van der Waals surface area contributed by atoms with Crippen molar-refractivity contribution in [3.8, 4) is 0 Å². The van der Waals surface area contributed by atoms with Crippen molar-refractivity contribution in [3.05, 3.63) is 59.9 Å². The van der Waals surface area contributed by atoms with Gasteiger partial charge in [-0.05, 0) is 49.2 Å². The molecule has 1 saturated carbocycles. The van der Waals surface area contributed by atoms with Gasteiger partial charge in [0.2, 0.25) is 5.91 Å². The lowest BCUT2D eigenvalue weighted by molar-refractivity contribution is -0.114. The highest BCUT2D eigenvalue weighted by Crippen LogP contribution is 2.34. The zero-order valence-electron chi connectivity index (χ0n) is 12.8. The van der Waals surface area contributed by atoms with Gasteiger partial charge in [0.05, 0.1) is 5.56 Å². The molecule has 2 aromatic carbocycles. The van der Waals surface area contributed by atoms with Gasteiger partial charge in [0, 0.05) is 24.3 Å². The summed E-state index contributed by atoms with van der Waals surface area (Å²) in [7, 11) is 0. The van der Waals surface area contributed by atoms with Crippen LogP contribution in [0, 0.1) is 5.82 Å². The Morgan fingerprint density at radius 1 is 1.09 bits per heavy atom. The van der Waals surface area contributed by atoms with E-state index in [1.807, 2.05) is 0 Å². The normalized spacial score (nSPS) is 13.5. The Balaban J connectivity index is 1.89. The second-order valence-corrected chi connectivity index (χ2v) is 5.61. The van der Waals surface area contributed by atoms with E-state index in [2.05, 4.69) is 5.32 Å². The highest BCUT2D eigenvalue weighted by molar-refractivity contribution is 6.07. The van der Waals surface area contributed by atoms with Gasteiger partial charge >= 0.3 is 0 Å². The summed E-state index contributed by atoms with van der Waals surface area (Å²) in [6, 6.07) is 13.1. The molecule has 1 aliphatic rings. The molecule has 0 radical (unpaired) electrons. The third kappa shape index (κ3) is 3.39. The minimum atomic E-state index is -0.516. The smallest absolute Gasteiger partial charge is 0.261 e. The molecule has 0 heterocycles. The third-order valence-electron chi connectivity index (χ3n) is 3.70. The summed E-state index contributed by atoms with van der Waals surface area (Å²) >= 11 is 0. The number of anilines is 2. The fraction of sp³-hybridized carbons (Fsp3) is 0.222. The molecular weight excluding hydrogens is 295 g/mol. The number of rotatable bonds is 4. The van der Waals surface area contributed by atoms with E-state index in [0.717, 1.165) is 12.8 Å². The topological polar surface area (TPSA) is 49.4 Å². The van der Waals surface area contributed by atoms with Crippen LogP contribution in [0.25, 0.3) is 0 Å². The summed E-state index contributed by atoms with van der Waals surface area (Å²) in [5.74, 6) is -1.00. The highest BCUT2D eigenvalue weighted by Gasteiger charge is 2.35. The summed E-state index contributed by atoms with van der Waals surface area (Å²) in [6.45, 7) is 1.44. The summed E-state index contributed by atoms with van der Waals surface area (Å²) in [6.07, 6.45) is 1.82. The van der Waals surface area contributed by atoms with E-state index >= 15 is 0 Å². The minimum absolute atomic E-state index is 0.0744. The minimum Gasteiger partial charge on any atom is -0.326 e. The second kappa shape index (κ2) is 6.20. The number of amides is 2. The molecule has 118 valence electrons. The largest absolute Gasteiger partial charge is 0.326 e. The molecule has 1 N–H and O–H groups in total. The fourth-order valence-corrected chi connectivity index (χ4v) is 2.50. The van der Waals surface area contributed by atoms with E-state index in [1.165, 1.54) is 19.1 Å². The SMILES string of the molecule is CC(=O)Nc1ccc(N(C(=O)c2ccccc2F)C2CC2)cc1. The van der Waals surface area contributed by atoms with Crippen LogP contribution in [-0.4, -0.2) is 17.9 Å². The Morgan fingerprint density at radius 2 is 1.74 bits per heavy atom. The van der Waals surface area contributed by atoms with E-state index in [1.54, 1.807) is 41.3 Å². The van der Waals surface area contributed by atoms with Crippen molar-refractivity contribution in [2.24, 2.45) is 0 Å². The molecule has 0 unspecified atom stereocenters. The molecule has 3 rings (SSSR count). The fourth-order valence-electron chi connectivity index (χ4n) is 2.50. The number of carbonyl (C=O) groups is 2. The third-order valence-corrected chi connectivity index (χ3v) is 3.70. The standard InChI is InChI=1S/C18H17FN2O2/c1-12(22)20-13-6-8-14(9-7-13)21(15-10-11-15)18(23)16-4-2-3-5-17(16)19/h2-9,15H,10-11H2,1H3,(H,20,22). The summed E-state index contributed by atoms with van der Waals surface area (Å²) in [5.41, 5.74) is 1.44. The number of nitrogens with zero attached hydrogens (tertiary/aromatic N) is 1. The van der Waals surface area contributed by atoms with Gasteiger partial charge in [-0.1, -0.05) is 12.1 Å². The molecule has 0 spiro atoms. The number of hydrogen-bond donors (Lipinski definition) is 1. The van der Waals surface area contributed by atoms with Crippen LogP contribution in [0.4, 0.5) is 15.8 Å². The Bertz CT molecular complexity index is 739. The van der Waals surface area contributed by atoms with Gasteiger partial charge in [0.25, 0.3) is 5.91 Å². The number of halogens is 1. The van der Waals surface area contributed by atoms with Crippen LogP contribution in [0.5, 0.6) is 0 Å². The van der Waals surface area contributed by atoms with Crippen LogP contribution >= 0.6 is 0 Å². The Labute approximate surface area is 133 Å². The summed E-state index contributed by atoms with van der Waals surface area (Å²) in [4.78, 5) is 25.4. The van der Waals surface area contributed by atoms with Crippen molar-refractivity contribution >= 4 is 23.2 Å². The van der Waals surface area contributed by atoms with E-state index in [4.69, 9.17) is 0 Å². The van der Waals surface area contributed by atoms with Crippen molar-refractivity contribution in [2.75, 3.05) is 10.2 Å². The molecule has 0 aliphatic heterocycles. The van der Waals surface area contributed by atoms with E-state index in [0.29, 0.717) is 11.4 Å². The van der Waals surface area contributed by atoms with Gasteiger partial charge in [-0.15, -0.1) is 0 Å². The summed E-state index contributed by atoms with van der Waals surface area (Å²) < 4.78 is 13.9. The average Bonchev–Trinajstić information content (AvgIpc) is 3.34. The van der Waals surface area contributed by atoms with Crippen LogP contribution in [0.15, 0.2) is 48.5 Å². The molecule has 1 fully saturated rings. The molecule has 0 aromatic heterocycles. The van der Waals surface area contributed by atoms with Crippen molar-refractivity contribution < 1.29 is 14.0 Å². The number of hydrogen-bond acceptors (Lipinski definition) is 2. The Hall–Kier alpha value is -2.69. The van der Waals surface area contributed by atoms with Crippen LogP contribution in [0.3, 0.4) is 0 Å². The first kappa shape index (κ1) is 15.2. The van der Waals surface area contributed by atoms with Gasteiger partial charge in [-0.3, -0.25) is 9.59 Å². The lowest BCUT2D eigenvalue weighted by atomic mass is 10.1. The molecule has 23 heavy (non-hydrogen) atoms. The van der Waals surface area contributed by atoms with Crippen LogP contribution < -0.4 is 10.2 Å². The van der Waals surface area contributed by atoms with Crippen molar-refractivity contribution in [2.45, 2.75) is 25.8 Å². The highest BCUT2D eigenvalue weighted by atomic mass is 19.1. The lowest BCUT2D eigenvalue weighted by Crippen LogP contribution is -2.33. The van der Waals surface area contributed by atoms with Gasteiger partial charge in [0.15, 0.2) is 0 Å². The maximum Gasteiger partial charge on any atom is 0.261 e. The van der Waals surface area contributed by atoms with E-state index in [9.17, 15) is 14.0 Å². The Morgan fingerprint density at radius 3 is 2.30 bits per heavy atom. The van der Waals surface area contributed by atoms with Crippen LogP contribution in [0.2, 0.25) is 0 Å². The molecular formula is C18H17FN2O2. The lowest BCUT2D eigenvalue weighted by Gasteiger charge is -2.23. The number of nitrogens with one attached hydrogen (secondary N) is 1. The maximum absolute atomic E-state index is 13.9. The predicted octanol–water partition coefficient (Wildman–Crippen LogP) is 3.59. The Kier molecular flexibility index (Phi) is 4.10. The van der Waals surface area contributed by atoms with Gasteiger partial charge in [0.1, 0.15) is 5.82 Å². The second-order valence-electron chi connectivity index (χ2n) is 5.61. The molecule has 2 amide bonds. The van der Waals surface area contributed by atoms with Crippen molar-refractivity contribution in [1.82, 2.24) is 0 Å². The average molecular weight is 312 g/mol. The summed E-state index contributed by atoms with van der Waals surface area (Å²) in [5, 5.41) is 2.68. The van der Waals surface area contributed by atoms with E-state index < -0.39 is 5.82 Å². The van der Waals surface area contributed by atoms with Gasteiger partial charge in [-0.25, -0.2) is 4.39 Å². The van der Waals surface area contributed by atoms with Crippen molar-refractivity contribution in [1.29, 1.82) is 0 Å². The molecule has 2 aromatic rings. The van der Waals surface area contributed by atoms with Crippen molar-refractivity contribution in [3.63, 3.8) is 0 Å². The first-order chi connectivity index (χ1) is 11.1. The zero-order chi connectivity index (χ0) is 16.4. The first-order valence-corrected chi connectivity index (χ1v) is 7.52. The predicted molar refractivity (Wildman–Crippen MR) is 87.0 cm³/mol. The molecule has 0 saturated heterocycles.